The Kier molecular flexibility index (Phi) is 10.2. The number of carbonyl (C=O) groups excluding carboxylic acids is 1. The second-order valence-corrected chi connectivity index (χ2v) is 8.78. The van der Waals surface area contributed by atoms with E-state index in [1.165, 1.54) is 44.1 Å². The second-order valence-electron chi connectivity index (χ2n) is 8.78. The van der Waals surface area contributed by atoms with Gasteiger partial charge in [0.25, 0.3) is 0 Å². The lowest BCUT2D eigenvalue weighted by atomic mass is 10.1. The lowest BCUT2D eigenvalue weighted by Crippen LogP contribution is -2.39. The van der Waals surface area contributed by atoms with Crippen molar-refractivity contribution in [1.29, 1.82) is 0 Å². The van der Waals surface area contributed by atoms with Crippen LogP contribution in [0.2, 0.25) is 0 Å². The van der Waals surface area contributed by atoms with Crippen molar-refractivity contribution >= 4 is 11.9 Å². The first-order chi connectivity index (χ1) is 15.2. The summed E-state index contributed by atoms with van der Waals surface area (Å²) in [7, 11) is 0. The van der Waals surface area contributed by atoms with E-state index in [-0.39, 0.29) is 5.91 Å². The highest BCUT2D eigenvalue weighted by atomic mass is 16.5. The van der Waals surface area contributed by atoms with Crippen LogP contribution in [-0.4, -0.2) is 62.2 Å². The summed E-state index contributed by atoms with van der Waals surface area (Å²) in [5.41, 5.74) is 1.28. The molecule has 0 bridgehead atoms. The molecule has 0 radical (unpaired) electrons. The number of guanidine groups is 1. The SMILES string of the molecule is CCNC(=NCC1CC(=O)N(CCc2ccccc2)C1)NCCOC1CCCCCC1. The van der Waals surface area contributed by atoms with E-state index in [1.54, 1.807) is 0 Å². The van der Waals surface area contributed by atoms with Gasteiger partial charge in [0.1, 0.15) is 0 Å². The van der Waals surface area contributed by atoms with Gasteiger partial charge in [-0.3, -0.25) is 9.79 Å². The van der Waals surface area contributed by atoms with Crippen LogP contribution in [0, 0.1) is 5.92 Å². The summed E-state index contributed by atoms with van der Waals surface area (Å²) in [4.78, 5) is 19.1. The Balaban J connectivity index is 1.37. The molecule has 2 N–H and O–H groups in total. The molecule has 0 aromatic heterocycles. The molecule has 1 unspecified atom stereocenters. The van der Waals surface area contributed by atoms with Gasteiger partial charge in [-0.05, 0) is 31.7 Å². The van der Waals surface area contributed by atoms with Crippen LogP contribution in [0.25, 0.3) is 0 Å². The van der Waals surface area contributed by atoms with Crippen LogP contribution in [0.15, 0.2) is 35.3 Å². The maximum absolute atomic E-state index is 12.4. The highest BCUT2D eigenvalue weighted by Crippen LogP contribution is 2.20. The van der Waals surface area contributed by atoms with E-state index in [9.17, 15) is 4.79 Å². The Morgan fingerprint density at radius 2 is 1.90 bits per heavy atom. The topological polar surface area (TPSA) is 66.0 Å². The summed E-state index contributed by atoms with van der Waals surface area (Å²) in [5, 5.41) is 6.69. The third kappa shape index (κ3) is 8.52. The molecule has 1 heterocycles. The molecule has 1 saturated heterocycles. The van der Waals surface area contributed by atoms with Crippen LogP contribution in [0.1, 0.15) is 57.4 Å². The maximum atomic E-state index is 12.4. The number of hydrogen-bond acceptors (Lipinski definition) is 3. The molecular weight excluding hydrogens is 388 g/mol. The van der Waals surface area contributed by atoms with Crippen molar-refractivity contribution in [2.75, 3.05) is 39.3 Å². The molecular formula is C25H40N4O2. The summed E-state index contributed by atoms with van der Waals surface area (Å²) in [6.07, 6.45) is 9.63. The fourth-order valence-corrected chi connectivity index (χ4v) is 4.47. The van der Waals surface area contributed by atoms with Crippen molar-refractivity contribution in [1.82, 2.24) is 15.5 Å². The molecule has 0 spiro atoms. The third-order valence-corrected chi connectivity index (χ3v) is 6.21. The zero-order valence-corrected chi connectivity index (χ0v) is 19.2. The molecule has 1 saturated carbocycles. The molecule has 1 amide bonds. The molecule has 6 heteroatoms. The van der Waals surface area contributed by atoms with Crippen LogP contribution >= 0.6 is 0 Å². The number of benzene rings is 1. The van der Waals surface area contributed by atoms with Gasteiger partial charge < -0.3 is 20.3 Å². The average molecular weight is 429 g/mol. The van der Waals surface area contributed by atoms with Crippen LogP contribution in [0.5, 0.6) is 0 Å². The van der Waals surface area contributed by atoms with Crippen LogP contribution in [0.3, 0.4) is 0 Å². The van der Waals surface area contributed by atoms with Crippen LogP contribution in [-0.2, 0) is 16.0 Å². The summed E-state index contributed by atoms with van der Waals surface area (Å²) < 4.78 is 6.06. The van der Waals surface area contributed by atoms with Gasteiger partial charge in [0.05, 0.1) is 12.7 Å². The van der Waals surface area contributed by atoms with E-state index in [4.69, 9.17) is 9.73 Å². The molecule has 2 fully saturated rings. The first-order valence-electron chi connectivity index (χ1n) is 12.2. The van der Waals surface area contributed by atoms with Gasteiger partial charge in [-0.15, -0.1) is 0 Å². The fourth-order valence-electron chi connectivity index (χ4n) is 4.47. The standard InChI is InChI=1S/C25H40N4O2/c1-2-26-25(27-15-17-31-23-12-8-3-4-9-13-23)28-19-22-18-24(30)29(20-22)16-14-21-10-6-5-7-11-21/h5-7,10-11,22-23H,2-4,8-9,12-20H2,1H3,(H2,26,27,28). The predicted molar refractivity (Wildman–Crippen MR) is 126 cm³/mol. The first-order valence-corrected chi connectivity index (χ1v) is 12.2. The number of likely N-dealkylation sites (tertiary alicyclic amines) is 1. The lowest BCUT2D eigenvalue weighted by Gasteiger charge is -2.17. The van der Waals surface area contributed by atoms with E-state index < -0.39 is 0 Å². The molecule has 2 aliphatic rings. The number of ether oxygens (including phenoxy) is 1. The first kappa shape index (κ1) is 23.6. The highest BCUT2D eigenvalue weighted by Gasteiger charge is 2.29. The number of amides is 1. The minimum Gasteiger partial charge on any atom is -0.376 e. The minimum atomic E-state index is 0.255. The smallest absolute Gasteiger partial charge is 0.223 e. The molecule has 6 nitrogen and oxygen atoms in total. The third-order valence-electron chi connectivity index (χ3n) is 6.21. The van der Waals surface area contributed by atoms with Crippen molar-refractivity contribution in [2.24, 2.45) is 10.9 Å². The quantitative estimate of drug-likeness (QED) is 0.260. The van der Waals surface area contributed by atoms with Gasteiger partial charge in [-0.2, -0.15) is 0 Å². The van der Waals surface area contributed by atoms with Gasteiger partial charge in [-0.25, -0.2) is 0 Å². The number of aliphatic imine (C=N–C) groups is 1. The lowest BCUT2D eigenvalue weighted by molar-refractivity contribution is -0.127. The van der Waals surface area contributed by atoms with Crippen molar-refractivity contribution in [3.05, 3.63) is 35.9 Å². The Morgan fingerprint density at radius 1 is 1.13 bits per heavy atom. The summed E-state index contributed by atoms with van der Waals surface area (Å²) >= 11 is 0. The van der Waals surface area contributed by atoms with Gasteiger partial charge in [0.2, 0.25) is 5.91 Å². The van der Waals surface area contributed by atoms with Crippen LogP contribution < -0.4 is 10.6 Å². The van der Waals surface area contributed by atoms with E-state index in [2.05, 4.69) is 41.8 Å². The molecule has 1 aliphatic carbocycles. The van der Waals surface area contributed by atoms with Crippen molar-refractivity contribution < 1.29 is 9.53 Å². The minimum absolute atomic E-state index is 0.255. The Hall–Kier alpha value is -2.08. The molecule has 31 heavy (non-hydrogen) atoms. The van der Waals surface area contributed by atoms with Gasteiger partial charge in [0, 0.05) is 45.1 Å². The predicted octanol–water partition coefficient (Wildman–Crippen LogP) is 3.37. The molecule has 1 aromatic rings. The highest BCUT2D eigenvalue weighted by molar-refractivity contribution is 5.80. The monoisotopic (exact) mass is 428 g/mol. The maximum Gasteiger partial charge on any atom is 0.223 e. The van der Waals surface area contributed by atoms with E-state index in [0.717, 1.165) is 38.6 Å². The molecule has 1 aromatic carbocycles. The number of rotatable bonds is 10. The summed E-state index contributed by atoms with van der Waals surface area (Å²) in [6.45, 7) is 6.64. The molecule has 172 valence electrons. The zero-order chi connectivity index (χ0) is 21.7. The second kappa shape index (κ2) is 13.4. The van der Waals surface area contributed by atoms with Crippen LogP contribution in [0.4, 0.5) is 0 Å². The summed E-state index contributed by atoms with van der Waals surface area (Å²) in [5.74, 6) is 1.37. The Morgan fingerprint density at radius 3 is 2.65 bits per heavy atom. The van der Waals surface area contributed by atoms with Crippen molar-refractivity contribution in [3.63, 3.8) is 0 Å². The van der Waals surface area contributed by atoms with E-state index in [1.807, 2.05) is 11.0 Å². The number of carbonyl (C=O) groups is 1. The normalized spacial score (nSPS) is 20.7. The Labute approximate surface area is 187 Å². The number of nitrogens with one attached hydrogen (secondary N) is 2. The summed E-state index contributed by atoms with van der Waals surface area (Å²) in [6, 6.07) is 10.4. The van der Waals surface area contributed by atoms with Gasteiger partial charge in [-0.1, -0.05) is 56.0 Å². The number of hydrogen-bond donors (Lipinski definition) is 2. The van der Waals surface area contributed by atoms with Gasteiger partial charge in [0.15, 0.2) is 5.96 Å². The molecule has 1 atom stereocenters. The average Bonchev–Trinajstić information content (AvgIpc) is 2.97. The van der Waals surface area contributed by atoms with E-state index in [0.29, 0.717) is 31.6 Å². The van der Waals surface area contributed by atoms with Crippen molar-refractivity contribution in [2.45, 2.75) is 64.4 Å². The van der Waals surface area contributed by atoms with E-state index >= 15 is 0 Å². The molecule has 3 rings (SSSR count). The Bertz CT molecular complexity index is 671. The zero-order valence-electron chi connectivity index (χ0n) is 19.2. The largest absolute Gasteiger partial charge is 0.376 e. The van der Waals surface area contributed by atoms with Crippen molar-refractivity contribution in [3.8, 4) is 0 Å². The number of nitrogens with zero attached hydrogens (tertiary/aromatic N) is 2. The fraction of sp³-hybridized carbons (Fsp3) is 0.680. The molecule has 1 aliphatic heterocycles. The van der Waals surface area contributed by atoms with Gasteiger partial charge >= 0.3 is 0 Å².